The van der Waals surface area contributed by atoms with Crippen LogP contribution in [0.4, 0.5) is 17.1 Å². The second kappa shape index (κ2) is 7.11. The van der Waals surface area contributed by atoms with Gasteiger partial charge in [0.25, 0.3) is 5.69 Å². The molecule has 0 heterocycles. The van der Waals surface area contributed by atoms with Gasteiger partial charge in [0, 0.05) is 33.6 Å². The average Bonchev–Trinajstić information content (AvgIpc) is 2.44. The van der Waals surface area contributed by atoms with Crippen molar-refractivity contribution in [1.82, 2.24) is 0 Å². The van der Waals surface area contributed by atoms with Gasteiger partial charge in [-0.25, -0.2) is 0 Å². The highest BCUT2D eigenvalue weighted by Gasteiger charge is 2.06. The van der Waals surface area contributed by atoms with Crippen molar-refractivity contribution >= 4 is 46.2 Å². The van der Waals surface area contributed by atoms with Gasteiger partial charge in [-0.2, -0.15) is 0 Å². The van der Waals surface area contributed by atoms with E-state index in [4.69, 9.17) is 23.2 Å². The zero-order valence-corrected chi connectivity index (χ0v) is 12.7. The number of nitrogens with zero attached hydrogens (tertiary/aromatic N) is 1. The lowest BCUT2D eigenvalue weighted by Crippen LogP contribution is -2.21. The van der Waals surface area contributed by atoms with Gasteiger partial charge >= 0.3 is 0 Å². The van der Waals surface area contributed by atoms with E-state index in [1.54, 1.807) is 18.2 Å². The minimum Gasteiger partial charge on any atom is -0.376 e. The van der Waals surface area contributed by atoms with E-state index in [0.717, 1.165) is 0 Å². The van der Waals surface area contributed by atoms with Gasteiger partial charge in [-0.3, -0.25) is 14.9 Å². The van der Waals surface area contributed by atoms with Gasteiger partial charge < -0.3 is 10.6 Å². The number of carbonyl (C=O) groups excluding carboxylic acids is 1. The number of carbonyl (C=O) groups is 1. The van der Waals surface area contributed by atoms with Crippen molar-refractivity contribution in [2.45, 2.75) is 0 Å². The van der Waals surface area contributed by atoms with Crippen molar-refractivity contribution in [3.63, 3.8) is 0 Å². The molecule has 0 aliphatic heterocycles. The molecular weight excluding hydrogens is 329 g/mol. The first kappa shape index (κ1) is 16.1. The van der Waals surface area contributed by atoms with Crippen LogP contribution in [0.2, 0.25) is 10.0 Å². The van der Waals surface area contributed by atoms with Crippen LogP contribution in [0.25, 0.3) is 0 Å². The maximum atomic E-state index is 11.8. The zero-order chi connectivity index (χ0) is 16.1. The first-order valence-corrected chi connectivity index (χ1v) is 6.94. The summed E-state index contributed by atoms with van der Waals surface area (Å²) in [5, 5.41) is 16.9. The van der Waals surface area contributed by atoms with Crippen molar-refractivity contribution in [2.75, 3.05) is 17.2 Å². The number of non-ortho nitro benzene ring substituents is 1. The van der Waals surface area contributed by atoms with Crippen molar-refractivity contribution in [1.29, 1.82) is 0 Å². The molecule has 22 heavy (non-hydrogen) atoms. The molecule has 2 aromatic carbocycles. The molecule has 0 saturated carbocycles. The smallest absolute Gasteiger partial charge is 0.269 e. The minimum absolute atomic E-state index is 0.00193. The molecule has 1 amide bonds. The van der Waals surface area contributed by atoms with Gasteiger partial charge in [0.2, 0.25) is 5.91 Å². The van der Waals surface area contributed by atoms with E-state index in [1.165, 1.54) is 24.3 Å². The third kappa shape index (κ3) is 4.61. The Morgan fingerprint density at radius 1 is 1.05 bits per heavy atom. The molecule has 0 atom stereocenters. The third-order valence-corrected chi connectivity index (χ3v) is 3.11. The number of rotatable bonds is 5. The molecule has 114 valence electrons. The molecule has 8 heteroatoms. The summed E-state index contributed by atoms with van der Waals surface area (Å²) in [6.45, 7) is 0.00193. The summed E-state index contributed by atoms with van der Waals surface area (Å²) in [5.74, 6) is -0.295. The van der Waals surface area contributed by atoms with E-state index in [9.17, 15) is 14.9 Å². The van der Waals surface area contributed by atoms with Gasteiger partial charge in [-0.1, -0.05) is 23.2 Å². The summed E-state index contributed by atoms with van der Waals surface area (Å²) in [4.78, 5) is 21.9. The molecule has 0 spiro atoms. The Morgan fingerprint density at radius 2 is 1.64 bits per heavy atom. The predicted octanol–water partition coefficient (Wildman–Crippen LogP) is 3.95. The number of halogens is 2. The number of nitro groups is 1. The van der Waals surface area contributed by atoms with E-state index in [1.807, 2.05) is 0 Å². The zero-order valence-electron chi connectivity index (χ0n) is 11.2. The molecule has 0 aromatic heterocycles. The van der Waals surface area contributed by atoms with Crippen molar-refractivity contribution in [2.24, 2.45) is 0 Å². The number of nitro benzene ring substituents is 1. The predicted molar refractivity (Wildman–Crippen MR) is 86.7 cm³/mol. The second-order valence-corrected chi connectivity index (χ2v) is 5.24. The lowest BCUT2D eigenvalue weighted by atomic mass is 10.3. The molecule has 0 aliphatic rings. The maximum absolute atomic E-state index is 11.8. The van der Waals surface area contributed by atoms with Crippen LogP contribution >= 0.6 is 23.2 Å². The molecule has 0 fully saturated rings. The van der Waals surface area contributed by atoms with Crippen LogP contribution in [-0.4, -0.2) is 17.4 Å². The molecule has 0 unspecified atom stereocenters. The van der Waals surface area contributed by atoms with Crippen LogP contribution in [0.1, 0.15) is 0 Å². The third-order valence-electron chi connectivity index (χ3n) is 2.68. The van der Waals surface area contributed by atoms with Crippen LogP contribution in [0.3, 0.4) is 0 Å². The van der Waals surface area contributed by atoms with Gasteiger partial charge in [-0.05, 0) is 30.3 Å². The highest BCUT2D eigenvalue weighted by molar-refractivity contribution is 6.35. The number of amides is 1. The van der Waals surface area contributed by atoms with Gasteiger partial charge in [0.05, 0.1) is 11.5 Å². The molecule has 0 bridgehead atoms. The van der Waals surface area contributed by atoms with Crippen LogP contribution in [0, 0.1) is 10.1 Å². The summed E-state index contributed by atoms with van der Waals surface area (Å²) in [7, 11) is 0. The quantitative estimate of drug-likeness (QED) is 0.637. The van der Waals surface area contributed by atoms with Gasteiger partial charge in [0.1, 0.15) is 0 Å². The standard InChI is InChI=1S/C14H11Cl2N3O3/c15-9-5-10(16)7-12(6-9)18-14(20)8-17-11-1-3-13(4-2-11)19(21)22/h1-7,17H,8H2,(H,18,20). The Balaban J connectivity index is 1.91. The van der Waals surface area contributed by atoms with E-state index in [0.29, 0.717) is 21.4 Å². The Kier molecular flexibility index (Phi) is 5.19. The van der Waals surface area contributed by atoms with Crippen molar-refractivity contribution in [3.8, 4) is 0 Å². The fourth-order valence-corrected chi connectivity index (χ4v) is 2.24. The molecule has 0 aliphatic carbocycles. The summed E-state index contributed by atoms with van der Waals surface area (Å²) < 4.78 is 0. The lowest BCUT2D eigenvalue weighted by Gasteiger charge is -2.08. The molecule has 0 saturated heterocycles. The van der Waals surface area contributed by atoms with E-state index < -0.39 is 4.92 Å². The summed E-state index contributed by atoms with van der Waals surface area (Å²) in [6.07, 6.45) is 0. The molecule has 2 aromatic rings. The first-order valence-electron chi connectivity index (χ1n) is 6.18. The van der Waals surface area contributed by atoms with Crippen molar-refractivity contribution in [3.05, 3.63) is 62.6 Å². The Hall–Kier alpha value is -2.31. The highest BCUT2D eigenvalue weighted by atomic mass is 35.5. The van der Waals surface area contributed by atoms with Crippen LogP contribution in [0.15, 0.2) is 42.5 Å². The monoisotopic (exact) mass is 339 g/mol. The Bertz CT molecular complexity index is 685. The summed E-state index contributed by atoms with van der Waals surface area (Å²) >= 11 is 11.7. The van der Waals surface area contributed by atoms with Crippen molar-refractivity contribution < 1.29 is 9.72 Å². The fourth-order valence-electron chi connectivity index (χ4n) is 1.71. The largest absolute Gasteiger partial charge is 0.376 e. The van der Waals surface area contributed by atoms with Gasteiger partial charge in [0.15, 0.2) is 0 Å². The maximum Gasteiger partial charge on any atom is 0.269 e. The van der Waals surface area contributed by atoms with Gasteiger partial charge in [-0.15, -0.1) is 0 Å². The average molecular weight is 340 g/mol. The normalized spacial score (nSPS) is 10.1. The topological polar surface area (TPSA) is 84.3 Å². The molecule has 0 radical (unpaired) electrons. The number of benzene rings is 2. The number of nitrogens with one attached hydrogen (secondary N) is 2. The molecule has 6 nitrogen and oxygen atoms in total. The number of hydrogen-bond donors (Lipinski definition) is 2. The van der Waals surface area contributed by atoms with E-state index in [-0.39, 0.29) is 18.1 Å². The fraction of sp³-hybridized carbons (Fsp3) is 0.0714. The Labute approximate surface area is 136 Å². The van der Waals surface area contributed by atoms with Crippen LogP contribution in [0.5, 0.6) is 0 Å². The first-order chi connectivity index (χ1) is 10.4. The highest BCUT2D eigenvalue weighted by Crippen LogP contribution is 2.22. The number of anilines is 2. The SMILES string of the molecule is O=C(CNc1ccc([N+](=O)[O-])cc1)Nc1cc(Cl)cc(Cl)c1. The minimum atomic E-state index is -0.487. The summed E-state index contributed by atoms with van der Waals surface area (Å²) in [5.41, 5.74) is 1.08. The molecule has 2 rings (SSSR count). The second-order valence-electron chi connectivity index (χ2n) is 4.36. The molecule has 2 N–H and O–H groups in total. The Morgan fingerprint density at radius 3 is 2.18 bits per heavy atom. The van der Waals surface area contributed by atoms with Crippen LogP contribution < -0.4 is 10.6 Å². The van der Waals surface area contributed by atoms with E-state index in [2.05, 4.69) is 10.6 Å². The number of hydrogen-bond acceptors (Lipinski definition) is 4. The van der Waals surface area contributed by atoms with E-state index >= 15 is 0 Å². The molecular formula is C14H11Cl2N3O3. The summed E-state index contributed by atoms with van der Waals surface area (Å²) in [6, 6.07) is 10.5. The lowest BCUT2D eigenvalue weighted by molar-refractivity contribution is -0.384. The van der Waals surface area contributed by atoms with Crippen LogP contribution in [-0.2, 0) is 4.79 Å².